The van der Waals surface area contributed by atoms with E-state index in [-0.39, 0.29) is 24.3 Å². The molecule has 1 unspecified atom stereocenters. The fourth-order valence-electron chi connectivity index (χ4n) is 3.69. The van der Waals surface area contributed by atoms with Crippen molar-refractivity contribution in [2.75, 3.05) is 44.7 Å². The molecule has 1 saturated heterocycles. The number of ether oxygens (including phenoxy) is 1. The number of nitrogens with zero attached hydrogens (tertiary/aromatic N) is 5. The summed E-state index contributed by atoms with van der Waals surface area (Å²) in [6, 6.07) is 4.82. The van der Waals surface area contributed by atoms with E-state index in [9.17, 15) is 14.7 Å². The third-order valence-electron chi connectivity index (χ3n) is 5.49. The first kappa shape index (κ1) is 22.7. The summed E-state index contributed by atoms with van der Waals surface area (Å²) in [7, 11) is 3.59. The van der Waals surface area contributed by atoms with Crippen molar-refractivity contribution < 1.29 is 9.84 Å². The number of halogens is 2. The molecule has 0 saturated carbocycles. The Labute approximate surface area is 193 Å². The van der Waals surface area contributed by atoms with Crippen LogP contribution in [0.1, 0.15) is 0 Å². The van der Waals surface area contributed by atoms with Gasteiger partial charge in [0, 0.05) is 38.2 Å². The smallest absolute Gasteiger partial charge is 0.329 e. The van der Waals surface area contributed by atoms with Gasteiger partial charge in [-0.15, -0.1) is 0 Å². The maximum Gasteiger partial charge on any atom is 0.329 e. The number of aromatic nitrogens is 4. The number of hydrogen-bond donors (Lipinski definition) is 2. The van der Waals surface area contributed by atoms with E-state index in [2.05, 4.69) is 14.9 Å². The lowest BCUT2D eigenvalue weighted by atomic mass is 10.3. The van der Waals surface area contributed by atoms with Gasteiger partial charge in [0.1, 0.15) is 18.5 Å². The van der Waals surface area contributed by atoms with Crippen LogP contribution >= 0.6 is 23.2 Å². The molecule has 1 aliphatic rings. The number of imidazole rings is 1. The van der Waals surface area contributed by atoms with Crippen LogP contribution in [0.4, 0.5) is 5.95 Å². The number of H-pyrrole nitrogens is 1. The highest BCUT2D eigenvalue weighted by Crippen LogP contribution is 2.28. The Hall–Kier alpha value is -2.53. The first-order chi connectivity index (χ1) is 15.2. The predicted molar refractivity (Wildman–Crippen MR) is 123 cm³/mol. The number of likely N-dealkylation sites (N-methyl/N-ethyl adjacent to an activating group) is 1. The lowest BCUT2D eigenvalue weighted by molar-refractivity contribution is 0.0936. The van der Waals surface area contributed by atoms with E-state index in [1.54, 1.807) is 29.8 Å². The van der Waals surface area contributed by atoms with Crippen molar-refractivity contribution in [3.63, 3.8) is 0 Å². The highest BCUT2D eigenvalue weighted by molar-refractivity contribution is 6.35. The minimum Gasteiger partial charge on any atom is -0.489 e. The van der Waals surface area contributed by atoms with Gasteiger partial charge >= 0.3 is 5.69 Å². The van der Waals surface area contributed by atoms with E-state index in [0.717, 1.165) is 13.1 Å². The van der Waals surface area contributed by atoms with Crippen LogP contribution in [-0.4, -0.2) is 75.0 Å². The Kier molecular flexibility index (Phi) is 6.47. The molecular formula is C20H24Cl2N6O4. The molecule has 1 aliphatic heterocycles. The molecule has 0 radical (unpaired) electrons. The normalized spacial score (nSPS) is 16.0. The molecular weight excluding hydrogens is 459 g/mol. The van der Waals surface area contributed by atoms with Crippen LogP contribution in [0.5, 0.6) is 5.75 Å². The molecule has 172 valence electrons. The number of fused-ring (bicyclic) bond motifs is 1. The highest BCUT2D eigenvalue weighted by Gasteiger charge is 2.25. The molecule has 0 bridgehead atoms. The molecule has 0 spiro atoms. The van der Waals surface area contributed by atoms with Crippen molar-refractivity contribution in [2.24, 2.45) is 7.05 Å². The molecule has 3 aromatic rings. The van der Waals surface area contributed by atoms with E-state index < -0.39 is 17.4 Å². The van der Waals surface area contributed by atoms with Crippen molar-refractivity contribution >= 4 is 40.3 Å². The van der Waals surface area contributed by atoms with Crippen molar-refractivity contribution in [3.8, 4) is 5.75 Å². The number of aryl methyl sites for hydroxylation is 1. The first-order valence-electron chi connectivity index (χ1n) is 10.1. The van der Waals surface area contributed by atoms with Crippen LogP contribution < -0.4 is 20.9 Å². The molecule has 12 heteroatoms. The maximum absolute atomic E-state index is 12.7. The zero-order valence-electron chi connectivity index (χ0n) is 17.7. The first-order valence-corrected chi connectivity index (χ1v) is 10.9. The summed E-state index contributed by atoms with van der Waals surface area (Å²) in [5.41, 5.74) is -0.602. The number of aliphatic hydroxyl groups excluding tert-OH is 1. The molecule has 0 aliphatic carbocycles. The third kappa shape index (κ3) is 4.49. The second-order valence-corrected chi connectivity index (χ2v) is 8.69. The van der Waals surface area contributed by atoms with Crippen molar-refractivity contribution in [3.05, 3.63) is 49.1 Å². The van der Waals surface area contributed by atoms with Gasteiger partial charge in [0.25, 0.3) is 5.56 Å². The van der Waals surface area contributed by atoms with Gasteiger partial charge in [-0.25, -0.2) is 4.79 Å². The summed E-state index contributed by atoms with van der Waals surface area (Å²) in [4.78, 5) is 35.9. The molecule has 1 atom stereocenters. The zero-order valence-corrected chi connectivity index (χ0v) is 19.2. The molecule has 4 rings (SSSR count). The predicted octanol–water partition coefficient (Wildman–Crippen LogP) is 0.922. The quantitative estimate of drug-likeness (QED) is 0.537. The number of hydrogen-bond acceptors (Lipinski definition) is 7. The number of aliphatic hydroxyl groups is 1. The maximum atomic E-state index is 12.7. The largest absolute Gasteiger partial charge is 0.489 e. The third-order valence-corrected chi connectivity index (χ3v) is 6.02. The highest BCUT2D eigenvalue weighted by atomic mass is 35.5. The minimum atomic E-state index is -0.970. The lowest BCUT2D eigenvalue weighted by Gasteiger charge is -2.33. The Balaban J connectivity index is 1.65. The monoisotopic (exact) mass is 482 g/mol. The van der Waals surface area contributed by atoms with Gasteiger partial charge in [0.2, 0.25) is 5.95 Å². The van der Waals surface area contributed by atoms with Gasteiger partial charge < -0.3 is 24.2 Å². The van der Waals surface area contributed by atoms with Gasteiger partial charge in [0.05, 0.1) is 11.6 Å². The van der Waals surface area contributed by atoms with Gasteiger partial charge in [-0.05, 0) is 25.2 Å². The standard InChI is InChI=1S/C20H24Cl2N6O4/c1-25-5-7-27(8-6-25)19-23-17-16(18(30)24-20(31)26(17)2)28(19)10-13(29)11-32-15-4-3-12(21)9-14(15)22/h3-4,9,13,29H,5-8,10-11H2,1-2H3,(H,24,30,31). The fraction of sp³-hybridized carbons (Fsp3) is 0.450. The number of aromatic amines is 1. The summed E-state index contributed by atoms with van der Waals surface area (Å²) in [6.07, 6.45) is -0.970. The van der Waals surface area contributed by atoms with Gasteiger partial charge in [-0.1, -0.05) is 23.2 Å². The topological polar surface area (TPSA) is 109 Å². The molecule has 32 heavy (non-hydrogen) atoms. The SMILES string of the molecule is CN1CCN(c2nc3c(c(=O)[nH]c(=O)n3C)n2CC(O)COc2ccc(Cl)cc2Cl)CC1. The van der Waals surface area contributed by atoms with Gasteiger partial charge in [0.15, 0.2) is 11.2 Å². The Morgan fingerprint density at radius 2 is 1.91 bits per heavy atom. The van der Waals surface area contributed by atoms with E-state index >= 15 is 0 Å². The Bertz CT molecular complexity index is 1250. The average Bonchev–Trinajstić information content (AvgIpc) is 3.12. The molecule has 1 fully saturated rings. The molecule has 2 N–H and O–H groups in total. The summed E-state index contributed by atoms with van der Waals surface area (Å²) >= 11 is 12.0. The lowest BCUT2D eigenvalue weighted by Crippen LogP contribution is -2.45. The van der Waals surface area contributed by atoms with E-state index in [0.29, 0.717) is 34.8 Å². The summed E-state index contributed by atoms with van der Waals surface area (Å²) in [6.45, 7) is 3.06. The van der Waals surface area contributed by atoms with E-state index in [1.165, 1.54) is 4.57 Å². The summed E-state index contributed by atoms with van der Waals surface area (Å²) in [5, 5.41) is 11.5. The number of rotatable bonds is 6. The van der Waals surface area contributed by atoms with Crippen LogP contribution in [0.25, 0.3) is 11.2 Å². The number of benzene rings is 1. The van der Waals surface area contributed by atoms with Crippen LogP contribution in [0.15, 0.2) is 27.8 Å². The van der Waals surface area contributed by atoms with Crippen molar-refractivity contribution in [1.29, 1.82) is 0 Å². The van der Waals surface area contributed by atoms with Crippen LogP contribution in [0.2, 0.25) is 10.0 Å². The van der Waals surface area contributed by atoms with Crippen LogP contribution in [0, 0.1) is 0 Å². The second kappa shape index (κ2) is 9.14. The van der Waals surface area contributed by atoms with Crippen molar-refractivity contribution in [2.45, 2.75) is 12.6 Å². The second-order valence-electron chi connectivity index (χ2n) is 7.84. The number of anilines is 1. The Morgan fingerprint density at radius 3 is 2.59 bits per heavy atom. The van der Waals surface area contributed by atoms with E-state index in [4.69, 9.17) is 27.9 Å². The molecule has 1 aromatic carbocycles. The fourth-order valence-corrected chi connectivity index (χ4v) is 4.15. The van der Waals surface area contributed by atoms with Gasteiger partial charge in [-0.3, -0.25) is 14.3 Å². The minimum absolute atomic E-state index is 0.0463. The van der Waals surface area contributed by atoms with Crippen LogP contribution in [-0.2, 0) is 13.6 Å². The number of nitrogens with one attached hydrogen (secondary N) is 1. The zero-order chi connectivity index (χ0) is 23.0. The van der Waals surface area contributed by atoms with Crippen molar-refractivity contribution in [1.82, 2.24) is 24.0 Å². The average molecular weight is 483 g/mol. The van der Waals surface area contributed by atoms with Crippen LogP contribution in [0.3, 0.4) is 0 Å². The summed E-state index contributed by atoms with van der Waals surface area (Å²) < 4.78 is 8.60. The molecule has 3 heterocycles. The Morgan fingerprint density at radius 1 is 1.19 bits per heavy atom. The molecule has 10 nitrogen and oxygen atoms in total. The number of piperazine rings is 1. The molecule has 2 aromatic heterocycles. The summed E-state index contributed by atoms with van der Waals surface area (Å²) in [5.74, 6) is 0.925. The molecule has 0 amide bonds. The van der Waals surface area contributed by atoms with Gasteiger partial charge in [-0.2, -0.15) is 4.98 Å². The van der Waals surface area contributed by atoms with E-state index in [1.807, 2.05) is 11.9 Å².